The predicted octanol–water partition coefficient (Wildman–Crippen LogP) is 2.03. The number of hydrogen-bond acceptors (Lipinski definition) is 2. The molecule has 0 radical (unpaired) electrons. The molecule has 0 atom stereocenters. The Morgan fingerprint density at radius 1 is 1.27 bits per heavy atom. The number of rotatable bonds is 4. The summed E-state index contributed by atoms with van der Waals surface area (Å²) in [7, 11) is 0. The third-order valence-electron chi connectivity index (χ3n) is 3.00. The molecule has 1 aromatic rings. The summed E-state index contributed by atoms with van der Waals surface area (Å²) >= 11 is 0. The highest BCUT2D eigenvalue weighted by molar-refractivity contribution is 5.15. The molecule has 0 aromatic heterocycles. The van der Waals surface area contributed by atoms with Crippen LogP contribution in [0.5, 0.6) is 0 Å². The van der Waals surface area contributed by atoms with E-state index in [1.54, 1.807) is 0 Å². The van der Waals surface area contributed by atoms with Crippen LogP contribution in [0, 0.1) is 0 Å². The maximum Gasteiger partial charge on any atom is 0.0900 e. The first-order valence-corrected chi connectivity index (χ1v) is 5.70. The van der Waals surface area contributed by atoms with E-state index < -0.39 is 5.60 Å². The standard InChI is InChI=1S/C13H19NO/c1-2-8-13(15)10-14(11-13)9-12-6-4-3-5-7-12/h3-7,15H,2,8-11H2,1H3. The zero-order chi connectivity index (χ0) is 10.7. The van der Waals surface area contributed by atoms with Gasteiger partial charge in [0.1, 0.15) is 0 Å². The molecule has 1 heterocycles. The number of benzene rings is 1. The van der Waals surface area contributed by atoms with Crippen LogP contribution in [-0.2, 0) is 6.54 Å². The van der Waals surface area contributed by atoms with E-state index in [1.165, 1.54) is 5.56 Å². The lowest BCUT2D eigenvalue weighted by atomic mass is 9.89. The maximum atomic E-state index is 10.0. The van der Waals surface area contributed by atoms with Gasteiger partial charge in [0.05, 0.1) is 5.60 Å². The summed E-state index contributed by atoms with van der Waals surface area (Å²) in [6.07, 6.45) is 1.99. The van der Waals surface area contributed by atoms with E-state index in [0.29, 0.717) is 0 Å². The van der Waals surface area contributed by atoms with Gasteiger partial charge in [-0.25, -0.2) is 0 Å². The Hall–Kier alpha value is -0.860. The van der Waals surface area contributed by atoms with Crippen molar-refractivity contribution >= 4 is 0 Å². The minimum atomic E-state index is -0.399. The van der Waals surface area contributed by atoms with Crippen molar-refractivity contribution in [2.45, 2.75) is 31.9 Å². The summed E-state index contributed by atoms with van der Waals surface area (Å²) in [4.78, 5) is 2.30. The van der Waals surface area contributed by atoms with Crippen molar-refractivity contribution in [2.24, 2.45) is 0 Å². The maximum absolute atomic E-state index is 10.0. The summed E-state index contributed by atoms with van der Waals surface area (Å²) < 4.78 is 0. The fourth-order valence-corrected chi connectivity index (χ4v) is 2.36. The molecular weight excluding hydrogens is 186 g/mol. The van der Waals surface area contributed by atoms with E-state index >= 15 is 0 Å². The molecule has 0 saturated carbocycles. The average Bonchev–Trinajstić information content (AvgIpc) is 2.17. The second kappa shape index (κ2) is 4.33. The molecule has 2 heteroatoms. The minimum absolute atomic E-state index is 0.399. The molecule has 1 aliphatic rings. The number of nitrogens with zero attached hydrogens (tertiary/aromatic N) is 1. The highest BCUT2D eigenvalue weighted by Gasteiger charge is 2.39. The van der Waals surface area contributed by atoms with Crippen LogP contribution in [0.25, 0.3) is 0 Å². The van der Waals surface area contributed by atoms with Crippen molar-refractivity contribution in [1.29, 1.82) is 0 Å². The number of hydrogen-bond donors (Lipinski definition) is 1. The van der Waals surface area contributed by atoms with Gasteiger partial charge in [0.2, 0.25) is 0 Å². The van der Waals surface area contributed by atoms with Crippen LogP contribution < -0.4 is 0 Å². The molecule has 1 aromatic carbocycles. The first kappa shape index (κ1) is 10.7. The first-order valence-electron chi connectivity index (χ1n) is 5.70. The molecule has 1 fully saturated rings. The summed E-state index contributed by atoms with van der Waals surface area (Å²) in [6, 6.07) is 10.4. The topological polar surface area (TPSA) is 23.5 Å². The van der Waals surface area contributed by atoms with Crippen molar-refractivity contribution in [3.8, 4) is 0 Å². The van der Waals surface area contributed by atoms with Gasteiger partial charge in [0.25, 0.3) is 0 Å². The van der Waals surface area contributed by atoms with Crippen LogP contribution >= 0.6 is 0 Å². The fourth-order valence-electron chi connectivity index (χ4n) is 2.36. The number of likely N-dealkylation sites (tertiary alicyclic amines) is 1. The quantitative estimate of drug-likeness (QED) is 0.813. The van der Waals surface area contributed by atoms with Gasteiger partial charge in [-0.3, -0.25) is 4.90 Å². The molecule has 2 nitrogen and oxygen atoms in total. The summed E-state index contributed by atoms with van der Waals surface area (Å²) in [5.74, 6) is 0. The van der Waals surface area contributed by atoms with E-state index in [0.717, 1.165) is 32.5 Å². The van der Waals surface area contributed by atoms with Gasteiger partial charge in [-0.15, -0.1) is 0 Å². The van der Waals surface area contributed by atoms with Crippen LogP contribution in [0.1, 0.15) is 25.3 Å². The second-order valence-corrected chi connectivity index (χ2v) is 4.61. The summed E-state index contributed by atoms with van der Waals surface area (Å²) in [5.41, 5.74) is 0.930. The van der Waals surface area contributed by atoms with Crippen LogP contribution in [0.4, 0.5) is 0 Å². The molecule has 2 rings (SSSR count). The zero-order valence-electron chi connectivity index (χ0n) is 9.32. The Kier molecular flexibility index (Phi) is 3.08. The van der Waals surface area contributed by atoms with Gasteiger partial charge in [-0.1, -0.05) is 43.7 Å². The molecule has 15 heavy (non-hydrogen) atoms. The van der Waals surface area contributed by atoms with E-state index in [2.05, 4.69) is 36.1 Å². The largest absolute Gasteiger partial charge is 0.387 e. The van der Waals surface area contributed by atoms with E-state index in [4.69, 9.17) is 0 Å². The van der Waals surface area contributed by atoms with Gasteiger partial charge >= 0.3 is 0 Å². The molecule has 0 spiro atoms. The molecular formula is C13H19NO. The van der Waals surface area contributed by atoms with Crippen LogP contribution in [-0.4, -0.2) is 28.7 Å². The number of aliphatic hydroxyl groups is 1. The Morgan fingerprint density at radius 3 is 2.53 bits per heavy atom. The number of β-amino-alcohol motifs (C(OH)–C–C–N with tert-alkyl or cyclic N) is 1. The molecule has 82 valence electrons. The lowest BCUT2D eigenvalue weighted by molar-refractivity contribution is -0.106. The van der Waals surface area contributed by atoms with Crippen molar-refractivity contribution in [2.75, 3.05) is 13.1 Å². The normalized spacial score (nSPS) is 19.9. The van der Waals surface area contributed by atoms with Gasteiger partial charge in [-0.2, -0.15) is 0 Å². The third kappa shape index (κ3) is 2.58. The van der Waals surface area contributed by atoms with Crippen molar-refractivity contribution in [3.63, 3.8) is 0 Å². The zero-order valence-corrected chi connectivity index (χ0v) is 9.32. The van der Waals surface area contributed by atoms with Gasteiger partial charge in [-0.05, 0) is 12.0 Å². The molecule has 1 saturated heterocycles. The molecule has 0 amide bonds. The lowest BCUT2D eigenvalue weighted by Crippen LogP contribution is -2.60. The van der Waals surface area contributed by atoms with Crippen LogP contribution in [0.3, 0.4) is 0 Å². The fraction of sp³-hybridized carbons (Fsp3) is 0.538. The predicted molar refractivity (Wildman–Crippen MR) is 61.6 cm³/mol. The Balaban J connectivity index is 1.81. The van der Waals surface area contributed by atoms with Crippen molar-refractivity contribution in [1.82, 2.24) is 4.90 Å². The van der Waals surface area contributed by atoms with Crippen LogP contribution in [0.2, 0.25) is 0 Å². The smallest absolute Gasteiger partial charge is 0.0900 e. The molecule has 0 aliphatic carbocycles. The third-order valence-corrected chi connectivity index (χ3v) is 3.00. The Bertz CT molecular complexity index is 304. The van der Waals surface area contributed by atoms with E-state index in [-0.39, 0.29) is 0 Å². The van der Waals surface area contributed by atoms with E-state index in [9.17, 15) is 5.11 Å². The Morgan fingerprint density at radius 2 is 1.93 bits per heavy atom. The summed E-state index contributed by atoms with van der Waals surface area (Å²) in [5, 5.41) is 10.0. The molecule has 1 N–H and O–H groups in total. The molecule has 1 aliphatic heterocycles. The molecule has 0 bridgehead atoms. The molecule has 0 unspecified atom stereocenters. The van der Waals surface area contributed by atoms with Crippen LogP contribution in [0.15, 0.2) is 30.3 Å². The SMILES string of the molecule is CCCC1(O)CN(Cc2ccccc2)C1. The van der Waals surface area contributed by atoms with Crippen molar-refractivity contribution < 1.29 is 5.11 Å². The van der Waals surface area contributed by atoms with Gasteiger partial charge in [0, 0.05) is 19.6 Å². The van der Waals surface area contributed by atoms with Gasteiger partial charge < -0.3 is 5.11 Å². The average molecular weight is 205 g/mol. The Labute approximate surface area is 91.5 Å². The first-order chi connectivity index (χ1) is 7.22. The van der Waals surface area contributed by atoms with Crippen molar-refractivity contribution in [3.05, 3.63) is 35.9 Å². The monoisotopic (exact) mass is 205 g/mol. The summed E-state index contributed by atoms with van der Waals surface area (Å²) in [6.45, 7) is 4.75. The second-order valence-electron chi connectivity index (χ2n) is 4.61. The van der Waals surface area contributed by atoms with Gasteiger partial charge in [0.15, 0.2) is 0 Å². The highest BCUT2D eigenvalue weighted by atomic mass is 16.3. The van der Waals surface area contributed by atoms with E-state index in [1.807, 2.05) is 6.07 Å². The highest BCUT2D eigenvalue weighted by Crippen LogP contribution is 2.26. The lowest BCUT2D eigenvalue weighted by Gasteiger charge is -2.46. The minimum Gasteiger partial charge on any atom is -0.387 e.